The predicted molar refractivity (Wildman–Crippen MR) is 128 cm³/mol. The van der Waals surface area contributed by atoms with E-state index < -0.39 is 15.9 Å². The minimum absolute atomic E-state index is 0.0125. The number of aryl methyl sites for hydroxylation is 1. The lowest BCUT2D eigenvalue weighted by atomic mass is 9.99. The summed E-state index contributed by atoms with van der Waals surface area (Å²) >= 11 is 0. The molecule has 3 aromatic rings. The first-order valence-electron chi connectivity index (χ1n) is 10.7. The molecule has 4 rings (SSSR count). The van der Waals surface area contributed by atoms with E-state index in [0.29, 0.717) is 5.95 Å². The van der Waals surface area contributed by atoms with E-state index in [9.17, 15) is 13.2 Å². The SMILES string of the molecule is C#CC(=O)N[C@H]1CCC[C@H]1Nc1ncc2cc(-c3cc(S(=O)(=O)NC)ccc3C)ccc2n1. The maximum atomic E-state index is 12.2. The number of hydrogen-bond acceptors (Lipinski definition) is 6. The van der Waals surface area contributed by atoms with E-state index >= 15 is 0 Å². The van der Waals surface area contributed by atoms with E-state index in [-0.39, 0.29) is 17.0 Å². The summed E-state index contributed by atoms with van der Waals surface area (Å²) in [5, 5.41) is 7.00. The zero-order valence-electron chi connectivity index (χ0n) is 18.4. The first-order chi connectivity index (χ1) is 15.8. The summed E-state index contributed by atoms with van der Waals surface area (Å²) in [6.45, 7) is 1.94. The van der Waals surface area contributed by atoms with Gasteiger partial charge in [-0.3, -0.25) is 4.79 Å². The maximum Gasteiger partial charge on any atom is 0.295 e. The van der Waals surface area contributed by atoms with Crippen LogP contribution in [-0.4, -0.2) is 43.4 Å². The van der Waals surface area contributed by atoms with Crippen LogP contribution in [-0.2, 0) is 14.8 Å². The highest BCUT2D eigenvalue weighted by molar-refractivity contribution is 7.89. The van der Waals surface area contributed by atoms with Crippen molar-refractivity contribution >= 4 is 32.8 Å². The number of sulfonamides is 1. The number of aromatic nitrogens is 2. The smallest absolute Gasteiger partial charge is 0.295 e. The van der Waals surface area contributed by atoms with Crippen LogP contribution < -0.4 is 15.4 Å². The summed E-state index contributed by atoms with van der Waals surface area (Å²) in [5.41, 5.74) is 3.43. The van der Waals surface area contributed by atoms with Crippen LogP contribution >= 0.6 is 0 Å². The Labute approximate surface area is 193 Å². The van der Waals surface area contributed by atoms with Crippen molar-refractivity contribution in [2.75, 3.05) is 12.4 Å². The minimum atomic E-state index is -3.54. The van der Waals surface area contributed by atoms with E-state index in [0.717, 1.165) is 46.9 Å². The highest BCUT2D eigenvalue weighted by atomic mass is 32.2. The highest BCUT2D eigenvalue weighted by Gasteiger charge is 2.28. The fraction of sp³-hybridized carbons (Fsp3) is 0.292. The van der Waals surface area contributed by atoms with Gasteiger partial charge in [0, 0.05) is 23.7 Å². The number of amides is 1. The third-order valence-electron chi connectivity index (χ3n) is 5.96. The standard InChI is InChI=1S/C24H25N5O3S/c1-4-23(30)27-21-6-5-7-22(21)29-24-26-14-17-12-16(9-11-20(17)28-24)19-13-18(10-8-15(19)2)33(31,32)25-3/h1,8-14,21-22,25H,5-7H2,2-3H3,(H,27,30)(H,26,28,29)/t21-,22+/m0/s1. The Morgan fingerprint density at radius 1 is 1.15 bits per heavy atom. The second-order valence-electron chi connectivity index (χ2n) is 8.06. The Kier molecular flexibility index (Phi) is 6.31. The quantitative estimate of drug-likeness (QED) is 0.485. The second-order valence-corrected chi connectivity index (χ2v) is 9.94. The molecule has 0 saturated heterocycles. The van der Waals surface area contributed by atoms with Crippen molar-refractivity contribution in [3.63, 3.8) is 0 Å². The van der Waals surface area contributed by atoms with Crippen LogP contribution in [0.15, 0.2) is 47.5 Å². The summed E-state index contributed by atoms with van der Waals surface area (Å²) in [5.74, 6) is 2.16. The number of anilines is 1. The molecule has 2 atom stereocenters. The number of carbonyl (C=O) groups excluding carboxylic acids is 1. The van der Waals surface area contributed by atoms with Gasteiger partial charge in [0.05, 0.1) is 10.4 Å². The number of hydrogen-bond donors (Lipinski definition) is 3. The van der Waals surface area contributed by atoms with Gasteiger partial charge >= 0.3 is 0 Å². The third kappa shape index (κ3) is 4.82. The maximum absolute atomic E-state index is 12.2. The molecule has 0 unspecified atom stereocenters. The van der Waals surface area contributed by atoms with Crippen molar-refractivity contribution in [2.45, 2.75) is 43.2 Å². The number of nitrogens with zero attached hydrogens (tertiary/aromatic N) is 2. The minimum Gasteiger partial charge on any atom is -0.349 e. The van der Waals surface area contributed by atoms with Crippen LogP contribution in [0.2, 0.25) is 0 Å². The molecule has 1 aliphatic carbocycles. The molecule has 0 radical (unpaired) electrons. The molecule has 9 heteroatoms. The van der Waals surface area contributed by atoms with Gasteiger partial charge in [0.25, 0.3) is 5.91 Å². The number of fused-ring (bicyclic) bond motifs is 1. The summed E-state index contributed by atoms with van der Waals surface area (Å²) in [6.07, 6.45) is 9.63. The van der Waals surface area contributed by atoms with E-state index in [2.05, 4.69) is 31.2 Å². The molecule has 0 aliphatic heterocycles. The van der Waals surface area contributed by atoms with Crippen LogP contribution in [0.4, 0.5) is 5.95 Å². The van der Waals surface area contributed by atoms with Crippen molar-refractivity contribution < 1.29 is 13.2 Å². The van der Waals surface area contributed by atoms with Gasteiger partial charge in [-0.05, 0) is 80.1 Å². The first-order valence-corrected chi connectivity index (χ1v) is 12.1. The van der Waals surface area contributed by atoms with Crippen molar-refractivity contribution in [2.24, 2.45) is 0 Å². The zero-order chi connectivity index (χ0) is 23.6. The average Bonchev–Trinajstić information content (AvgIpc) is 3.25. The topological polar surface area (TPSA) is 113 Å². The molecule has 1 saturated carbocycles. The normalized spacial score (nSPS) is 18.1. The molecule has 8 nitrogen and oxygen atoms in total. The van der Waals surface area contributed by atoms with Crippen LogP contribution in [0.25, 0.3) is 22.0 Å². The molecular formula is C24H25N5O3S. The van der Waals surface area contributed by atoms with E-state index in [1.165, 1.54) is 7.05 Å². The fourth-order valence-electron chi connectivity index (χ4n) is 4.15. The lowest BCUT2D eigenvalue weighted by Gasteiger charge is -2.21. The summed E-state index contributed by atoms with van der Waals surface area (Å²) < 4.78 is 26.8. The Morgan fingerprint density at radius 2 is 1.94 bits per heavy atom. The molecule has 3 N–H and O–H groups in total. The molecule has 0 spiro atoms. The van der Waals surface area contributed by atoms with Crippen LogP contribution in [0.3, 0.4) is 0 Å². The van der Waals surface area contributed by atoms with Gasteiger partial charge in [0.2, 0.25) is 16.0 Å². The molecule has 1 aliphatic rings. The largest absolute Gasteiger partial charge is 0.349 e. The van der Waals surface area contributed by atoms with E-state index in [4.69, 9.17) is 6.42 Å². The molecule has 1 amide bonds. The Hall–Kier alpha value is -3.48. The molecule has 0 bridgehead atoms. The predicted octanol–water partition coefficient (Wildman–Crippen LogP) is 2.60. The molecule has 1 heterocycles. The van der Waals surface area contributed by atoms with Gasteiger partial charge in [0.1, 0.15) is 0 Å². The van der Waals surface area contributed by atoms with Crippen molar-refractivity contribution in [3.8, 4) is 23.5 Å². The van der Waals surface area contributed by atoms with Gasteiger partial charge in [-0.15, -0.1) is 6.42 Å². The zero-order valence-corrected chi connectivity index (χ0v) is 19.2. The molecular weight excluding hydrogens is 438 g/mol. The number of carbonyl (C=O) groups is 1. The summed E-state index contributed by atoms with van der Waals surface area (Å²) in [7, 11) is -2.15. The van der Waals surface area contributed by atoms with Crippen LogP contribution in [0.1, 0.15) is 24.8 Å². The number of rotatable bonds is 6. The van der Waals surface area contributed by atoms with Crippen molar-refractivity contribution in [3.05, 3.63) is 48.2 Å². The Balaban J connectivity index is 1.60. The monoisotopic (exact) mass is 463 g/mol. The molecule has 1 aromatic heterocycles. The van der Waals surface area contributed by atoms with Gasteiger partial charge in [-0.25, -0.2) is 23.1 Å². The highest BCUT2D eigenvalue weighted by Crippen LogP contribution is 2.29. The average molecular weight is 464 g/mol. The van der Waals surface area contributed by atoms with E-state index in [1.54, 1.807) is 24.4 Å². The second kappa shape index (κ2) is 9.17. The van der Waals surface area contributed by atoms with Crippen molar-refractivity contribution in [1.82, 2.24) is 20.0 Å². The van der Waals surface area contributed by atoms with Gasteiger partial charge in [-0.1, -0.05) is 12.1 Å². The number of nitrogens with one attached hydrogen (secondary N) is 3. The van der Waals surface area contributed by atoms with Gasteiger partial charge in [-0.2, -0.15) is 0 Å². The van der Waals surface area contributed by atoms with Gasteiger partial charge < -0.3 is 10.6 Å². The molecule has 2 aromatic carbocycles. The lowest BCUT2D eigenvalue weighted by molar-refractivity contribution is -0.116. The molecule has 33 heavy (non-hydrogen) atoms. The van der Waals surface area contributed by atoms with E-state index in [1.807, 2.05) is 25.1 Å². The van der Waals surface area contributed by atoms with Crippen LogP contribution in [0.5, 0.6) is 0 Å². The fourth-order valence-corrected chi connectivity index (χ4v) is 4.90. The lowest BCUT2D eigenvalue weighted by Crippen LogP contribution is -2.43. The summed E-state index contributed by atoms with van der Waals surface area (Å²) in [4.78, 5) is 20.8. The Morgan fingerprint density at radius 3 is 2.70 bits per heavy atom. The van der Waals surface area contributed by atoms with Crippen LogP contribution in [0, 0.1) is 19.3 Å². The molecule has 170 valence electrons. The van der Waals surface area contributed by atoms with Gasteiger partial charge in [0.15, 0.2) is 0 Å². The van der Waals surface area contributed by atoms with Crippen molar-refractivity contribution in [1.29, 1.82) is 0 Å². The summed E-state index contributed by atoms with van der Waals surface area (Å²) in [6, 6.07) is 10.8. The first kappa shape index (κ1) is 22.7. The number of terminal acetylenes is 1. The number of benzene rings is 2. The Bertz CT molecular complexity index is 1360. The third-order valence-corrected chi connectivity index (χ3v) is 7.37. The molecule has 1 fully saturated rings.